The molecule has 0 spiro atoms. The van der Waals surface area contributed by atoms with Crippen LogP contribution < -0.4 is 0 Å². The van der Waals surface area contributed by atoms with Gasteiger partial charge in [0.05, 0.1) is 5.69 Å². The van der Waals surface area contributed by atoms with Gasteiger partial charge in [-0.25, -0.2) is 0 Å². The number of carbonyl (C=O) groups excluding carboxylic acids is 1. The summed E-state index contributed by atoms with van der Waals surface area (Å²) < 4.78 is 1.81. The molecule has 17 heavy (non-hydrogen) atoms. The Balaban J connectivity index is 2.00. The van der Waals surface area contributed by atoms with Gasteiger partial charge in [-0.1, -0.05) is 6.92 Å². The molecule has 2 rings (SSSR count). The Labute approximate surface area is 105 Å². The molecule has 0 unspecified atom stereocenters. The van der Waals surface area contributed by atoms with E-state index in [4.69, 9.17) is 0 Å². The smallest absolute Gasteiger partial charge is 0.143 e. The highest BCUT2D eigenvalue weighted by Crippen LogP contribution is 2.10. The average Bonchev–Trinajstić information content (AvgIpc) is 2.89. The largest absolute Gasteiger partial charge is 0.299 e. The lowest BCUT2D eigenvalue weighted by Gasteiger charge is -2.00. The van der Waals surface area contributed by atoms with E-state index < -0.39 is 0 Å². The van der Waals surface area contributed by atoms with Gasteiger partial charge in [0.25, 0.3) is 0 Å². The zero-order valence-corrected chi connectivity index (χ0v) is 11.0. The minimum atomic E-state index is 0.244. The zero-order chi connectivity index (χ0) is 12.3. The fraction of sp³-hybridized carbons (Fsp3) is 0.385. The van der Waals surface area contributed by atoms with Crippen LogP contribution in [0.25, 0.3) is 0 Å². The van der Waals surface area contributed by atoms with Crippen molar-refractivity contribution in [3.05, 3.63) is 39.8 Å². The van der Waals surface area contributed by atoms with Crippen molar-refractivity contribution < 1.29 is 4.79 Å². The van der Waals surface area contributed by atoms with Crippen LogP contribution in [-0.4, -0.2) is 15.6 Å². The molecule has 0 saturated heterocycles. The van der Waals surface area contributed by atoms with Crippen molar-refractivity contribution in [2.45, 2.75) is 26.2 Å². The number of carbonyl (C=O) groups is 1. The van der Waals surface area contributed by atoms with Gasteiger partial charge in [0.15, 0.2) is 0 Å². The van der Waals surface area contributed by atoms with Crippen LogP contribution in [0, 0.1) is 0 Å². The third-order valence-electron chi connectivity index (χ3n) is 2.75. The summed E-state index contributed by atoms with van der Waals surface area (Å²) in [6.45, 7) is 2.07. The summed E-state index contributed by atoms with van der Waals surface area (Å²) >= 11 is 1.63. The van der Waals surface area contributed by atoms with Crippen molar-refractivity contribution in [2.24, 2.45) is 7.05 Å². The van der Waals surface area contributed by atoms with E-state index in [2.05, 4.69) is 12.0 Å². The van der Waals surface area contributed by atoms with Crippen molar-refractivity contribution in [2.75, 3.05) is 0 Å². The first-order valence-electron chi connectivity index (χ1n) is 5.73. The maximum Gasteiger partial charge on any atom is 0.143 e. The Morgan fingerprint density at radius 1 is 1.47 bits per heavy atom. The molecule has 2 heterocycles. The number of hydrogen-bond donors (Lipinski definition) is 0. The van der Waals surface area contributed by atoms with E-state index in [1.54, 1.807) is 11.3 Å². The molecule has 0 aliphatic rings. The van der Waals surface area contributed by atoms with Gasteiger partial charge in [0.2, 0.25) is 0 Å². The zero-order valence-electron chi connectivity index (χ0n) is 10.1. The fourth-order valence-corrected chi connectivity index (χ4v) is 2.46. The van der Waals surface area contributed by atoms with Crippen LogP contribution in [0.3, 0.4) is 0 Å². The van der Waals surface area contributed by atoms with E-state index in [0.29, 0.717) is 12.8 Å². The van der Waals surface area contributed by atoms with Crippen LogP contribution in [0.4, 0.5) is 0 Å². The van der Waals surface area contributed by atoms with Gasteiger partial charge in [-0.2, -0.15) is 16.4 Å². The number of thiophene rings is 1. The summed E-state index contributed by atoms with van der Waals surface area (Å²) in [4.78, 5) is 11.9. The number of Topliss-reactive ketones (excluding diaryl/α,β-unsaturated/α-hetero) is 1. The number of hydrogen-bond acceptors (Lipinski definition) is 3. The van der Waals surface area contributed by atoms with E-state index in [-0.39, 0.29) is 5.78 Å². The second kappa shape index (κ2) is 5.27. The third kappa shape index (κ3) is 3.03. The molecule has 0 radical (unpaired) electrons. The summed E-state index contributed by atoms with van der Waals surface area (Å²) in [7, 11) is 1.90. The molecule has 0 bridgehead atoms. The van der Waals surface area contributed by atoms with E-state index >= 15 is 0 Å². The molecule has 0 aliphatic carbocycles. The van der Waals surface area contributed by atoms with Gasteiger partial charge < -0.3 is 0 Å². The fourth-order valence-electron chi connectivity index (χ4n) is 1.80. The number of aryl methyl sites for hydroxylation is 2. The highest BCUT2D eigenvalue weighted by molar-refractivity contribution is 7.07. The van der Waals surface area contributed by atoms with Gasteiger partial charge >= 0.3 is 0 Å². The van der Waals surface area contributed by atoms with Crippen molar-refractivity contribution in [1.82, 2.24) is 9.78 Å². The molecule has 3 nitrogen and oxygen atoms in total. The number of ketones is 1. The topological polar surface area (TPSA) is 34.9 Å². The van der Waals surface area contributed by atoms with Gasteiger partial charge in [-0.15, -0.1) is 0 Å². The highest BCUT2D eigenvalue weighted by Gasteiger charge is 2.10. The van der Waals surface area contributed by atoms with Gasteiger partial charge in [0, 0.05) is 25.6 Å². The second-order valence-electron chi connectivity index (χ2n) is 4.13. The standard InChI is InChI=1S/C13H16N2OS/c1-3-11-7-12(15(2)14-11)8-13(16)6-10-4-5-17-9-10/h4-5,7,9H,3,6,8H2,1-2H3. The molecule has 0 N–H and O–H groups in total. The summed E-state index contributed by atoms with van der Waals surface area (Å²) in [6.07, 6.45) is 1.90. The first-order chi connectivity index (χ1) is 8.19. The molecule has 2 aromatic rings. The first-order valence-corrected chi connectivity index (χ1v) is 6.68. The highest BCUT2D eigenvalue weighted by atomic mass is 32.1. The lowest BCUT2D eigenvalue weighted by molar-refractivity contribution is -0.117. The molecule has 0 fully saturated rings. The van der Waals surface area contributed by atoms with Crippen LogP contribution in [0.15, 0.2) is 22.9 Å². The van der Waals surface area contributed by atoms with Crippen molar-refractivity contribution in [3.63, 3.8) is 0 Å². The summed E-state index contributed by atoms with van der Waals surface area (Å²) in [6, 6.07) is 4.02. The Bertz CT molecular complexity index is 499. The van der Waals surface area contributed by atoms with Crippen molar-refractivity contribution in [1.29, 1.82) is 0 Å². The van der Waals surface area contributed by atoms with Crippen LogP contribution >= 0.6 is 11.3 Å². The van der Waals surface area contributed by atoms with E-state index in [1.165, 1.54) is 0 Å². The number of nitrogens with zero attached hydrogens (tertiary/aromatic N) is 2. The molecule has 0 amide bonds. The SMILES string of the molecule is CCc1cc(CC(=O)Cc2ccsc2)n(C)n1. The second-order valence-corrected chi connectivity index (χ2v) is 4.91. The lowest BCUT2D eigenvalue weighted by atomic mass is 10.1. The molecule has 0 atom stereocenters. The quantitative estimate of drug-likeness (QED) is 0.814. The molecular formula is C13H16N2OS. The predicted molar refractivity (Wildman–Crippen MR) is 69.3 cm³/mol. The molecule has 90 valence electrons. The minimum Gasteiger partial charge on any atom is -0.299 e. The maximum absolute atomic E-state index is 11.9. The number of aromatic nitrogens is 2. The van der Waals surface area contributed by atoms with Gasteiger partial charge in [0.1, 0.15) is 5.78 Å². The Morgan fingerprint density at radius 2 is 2.29 bits per heavy atom. The normalized spacial score (nSPS) is 10.7. The van der Waals surface area contributed by atoms with Crippen LogP contribution in [0.5, 0.6) is 0 Å². The van der Waals surface area contributed by atoms with E-state index in [0.717, 1.165) is 23.4 Å². The summed E-state index contributed by atoms with van der Waals surface area (Å²) in [5.74, 6) is 0.244. The van der Waals surface area contributed by atoms with Crippen LogP contribution in [-0.2, 0) is 31.1 Å². The maximum atomic E-state index is 11.9. The Hall–Kier alpha value is -1.42. The molecule has 2 aromatic heterocycles. The summed E-state index contributed by atoms with van der Waals surface area (Å²) in [5.41, 5.74) is 3.16. The van der Waals surface area contributed by atoms with E-state index in [9.17, 15) is 4.79 Å². The van der Waals surface area contributed by atoms with Gasteiger partial charge in [-0.05, 0) is 34.9 Å². The third-order valence-corrected chi connectivity index (χ3v) is 3.48. The van der Waals surface area contributed by atoms with Crippen molar-refractivity contribution >= 4 is 17.1 Å². The van der Waals surface area contributed by atoms with Gasteiger partial charge in [-0.3, -0.25) is 9.48 Å². The number of rotatable bonds is 5. The minimum absolute atomic E-state index is 0.244. The van der Waals surface area contributed by atoms with Crippen LogP contribution in [0.1, 0.15) is 23.9 Å². The molecule has 0 saturated carbocycles. The monoisotopic (exact) mass is 248 g/mol. The lowest BCUT2D eigenvalue weighted by Crippen LogP contribution is -2.09. The molecule has 0 aromatic carbocycles. The summed E-state index contributed by atoms with van der Waals surface area (Å²) in [5, 5.41) is 8.37. The average molecular weight is 248 g/mol. The van der Waals surface area contributed by atoms with E-state index in [1.807, 2.05) is 34.6 Å². The molecule has 0 aliphatic heterocycles. The Kier molecular flexibility index (Phi) is 3.74. The first kappa shape index (κ1) is 12.0. The predicted octanol–water partition coefficient (Wildman–Crippen LogP) is 2.40. The van der Waals surface area contributed by atoms with Crippen LogP contribution in [0.2, 0.25) is 0 Å². The molecule has 4 heteroatoms. The molecular weight excluding hydrogens is 232 g/mol. The Morgan fingerprint density at radius 3 is 2.88 bits per heavy atom. The van der Waals surface area contributed by atoms with Crippen molar-refractivity contribution in [3.8, 4) is 0 Å².